The summed E-state index contributed by atoms with van der Waals surface area (Å²) in [5.41, 5.74) is 2.84. The van der Waals surface area contributed by atoms with Crippen LogP contribution in [0.25, 0.3) is 0 Å². The minimum atomic E-state index is -0.278. The summed E-state index contributed by atoms with van der Waals surface area (Å²) in [6.45, 7) is 1.90. The monoisotopic (exact) mass is 299 g/mol. The lowest BCUT2D eigenvalue weighted by Gasteiger charge is -2.18. The number of anilines is 2. The highest BCUT2D eigenvalue weighted by molar-refractivity contribution is 6.31. The number of carbonyl (C=O) groups excluding carboxylic acids is 1. The van der Waals surface area contributed by atoms with Crippen molar-refractivity contribution in [3.05, 3.63) is 58.6 Å². The molecule has 2 aromatic rings. The van der Waals surface area contributed by atoms with Crippen molar-refractivity contribution in [1.29, 1.82) is 5.26 Å². The molecular weight excluding hydrogens is 286 g/mol. The first kappa shape index (κ1) is 14.9. The Bertz CT molecular complexity index is 704. The van der Waals surface area contributed by atoms with Crippen molar-refractivity contribution in [3.63, 3.8) is 0 Å². The number of halogens is 1. The summed E-state index contributed by atoms with van der Waals surface area (Å²) in [4.78, 5) is 13.6. The van der Waals surface area contributed by atoms with E-state index in [4.69, 9.17) is 16.9 Å². The van der Waals surface area contributed by atoms with E-state index in [1.165, 1.54) is 4.90 Å². The Balaban J connectivity index is 2.11. The quantitative estimate of drug-likeness (QED) is 0.904. The number of benzene rings is 2. The molecule has 0 aliphatic carbocycles. The van der Waals surface area contributed by atoms with E-state index in [1.54, 1.807) is 43.4 Å². The second-order valence-electron chi connectivity index (χ2n) is 4.61. The van der Waals surface area contributed by atoms with E-state index < -0.39 is 0 Å². The number of nitrogens with zero attached hydrogens (tertiary/aromatic N) is 2. The van der Waals surface area contributed by atoms with Gasteiger partial charge >= 0.3 is 6.03 Å². The van der Waals surface area contributed by atoms with E-state index in [0.29, 0.717) is 22.0 Å². The molecule has 0 bridgehead atoms. The highest BCUT2D eigenvalue weighted by Gasteiger charge is 2.11. The van der Waals surface area contributed by atoms with E-state index in [1.807, 2.05) is 19.1 Å². The molecule has 2 aromatic carbocycles. The summed E-state index contributed by atoms with van der Waals surface area (Å²) in [5, 5.41) is 12.1. The lowest BCUT2D eigenvalue weighted by atomic mass is 10.2. The molecule has 106 valence electrons. The first-order chi connectivity index (χ1) is 10.0. The van der Waals surface area contributed by atoms with Crippen LogP contribution in [-0.2, 0) is 0 Å². The third kappa shape index (κ3) is 3.53. The molecule has 0 atom stereocenters. The molecule has 2 rings (SSSR count). The molecule has 0 spiro atoms. The summed E-state index contributed by atoms with van der Waals surface area (Å²) in [6, 6.07) is 13.9. The van der Waals surface area contributed by atoms with Gasteiger partial charge in [0.25, 0.3) is 0 Å². The number of amides is 2. The minimum Gasteiger partial charge on any atom is -0.307 e. The van der Waals surface area contributed by atoms with Gasteiger partial charge in [0.15, 0.2) is 0 Å². The molecule has 0 radical (unpaired) electrons. The van der Waals surface area contributed by atoms with Crippen LogP contribution in [0, 0.1) is 18.3 Å². The van der Waals surface area contributed by atoms with Crippen LogP contribution >= 0.6 is 11.6 Å². The summed E-state index contributed by atoms with van der Waals surface area (Å²) in [6.07, 6.45) is 0. The van der Waals surface area contributed by atoms with Crippen molar-refractivity contribution in [2.75, 3.05) is 17.3 Å². The van der Waals surface area contributed by atoms with Crippen molar-refractivity contribution in [1.82, 2.24) is 0 Å². The molecule has 0 unspecified atom stereocenters. The number of carbonyl (C=O) groups is 1. The normalized spacial score (nSPS) is 9.81. The molecule has 0 saturated carbocycles. The van der Waals surface area contributed by atoms with Crippen molar-refractivity contribution in [3.8, 4) is 6.07 Å². The van der Waals surface area contributed by atoms with Crippen LogP contribution in [0.2, 0.25) is 5.02 Å². The molecular formula is C16H14ClN3O. The molecule has 0 heterocycles. The smallest absolute Gasteiger partial charge is 0.307 e. The third-order valence-electron chi connectivity index (χ3n) is 3.11. The second kappa shape index (κ2) is 6.29. The van der Waals surface area contributed by atoms with E-state index >= 15 is 0 Å². The van der Waals surface area contributed by atoms with Gasteiger partial charge in [-0.15, -0.1) is 0 Å². The fraction of sp³-hybridized carbons (Fsp3) is 0.125. The van der Waals surface area contributed by atoms with E-state index in [-0.39, 0.29) is 6.03 Å². The van der Waals surface area contributed by atoms with Gasteiger partial charge in [0.05, 0.1) is 11.6 Å². The SMILES string of the molecule is Cc1ccc(NC(=O)N(C)c2ccc(C#N)cc2)cc1Cl. The Morgan fingerprint density at radius 2 is 1.90 bits per heavy atom. The van der Waals surface area contributed by atoms with E-state index in [2.05, 4.69) is 5.32 Å². The molecule has 0 fully saturated rings. The van der Waals surface area contributed by atoms with Crippen LogP contribution in [0.4, 0.5) is 16.2 Å². The number of aryl methyl sites for hydroxylation is 1. The Labute approximate surface area is 128 Å². The molecule has 1 N–H and O–H groups in total. The Kier molecular flexibility index (Phi) is 4.46. The maximum atomic E-state index is 12.2. The Morgan fingerprint density at radius 3 is 2.48 bits per heavy atom. The lowest BCUT2D eigenvalue weighted by molar-refractivity contribution is 0.258. The average Bonchev–Trinajstić information content (AvgIpc) is 2.50. The third-order valence-corrected chi connectivity index (χ3v) is 3.52. The van der Waals surface area contributed by atoms with Crippen LogP contribution in [0.3, 0.4) is 0 Å². The summed E-state index contributed by atoms with van der Waals surface area (Å²) < 4.78 is 0. The zero-order valence-electron chi connectivity index (χ0n) is 11.7. The van der Waals surface area contributed by atoms with Gasteiger partial charge in [-0.25, -0.2) is 4.79 Å². The Morgan fingerprint density at radius 1 is 1.24 bits per heavy atom. The molecule has 21 heavy (non-hydrogen) atoms. The zero-order valence-corrected chi connectivity index (χ0v) is 12.5. The average molecular weight is 300 g/mol. The highest BCUT2D eigenvalue weighted by atomic mass is 35.5. The summed E-state index contributed by atoms with van der Waals surface area (Å²) in [5.74, 6) is 0. The molecule has 2 amide bonds. The molecule has 0 aromatic heterocycles. The fourth-order valence-corrected chi connectivity index (χ4v) is 1.94. The predicted molar refractivity (Wildman–Crippen MR) is 84.8 cm³/mol. The molecule has 0 aliphatic rings. The standard InChI is InChI=1S/C16H14ClN3O/c1-11-3-6-13(9-15(11)17)19-16(21)20(2)14-7-4-12(10-18)5-8-14/h3-9H,1-2H3,(H,19,21). The maximum absolute atomic E-state index is 12.2. The van der Waals surface area contributed by atoms with Crippen LogP contribution in [0.15, 0.2) is 42.5 Å². The number of hydrogen-bond donors (Lipinski definition) is 1. The van der Waals surface area contributed by atoms with E-state index in [0.717, 1.165) is 5.56 Å². The van der Waals surface area contributed by atoms with Crippen LogP contribution in [0.5, 0.6) is 0 Å². The van der Waals surface area contributed by atoms with Crippen LogP contribution in [0.1, 0.15) is 11.1 Å². The first-order valence-electron chi connectivity index (χ1n) is 6.32. The predicted octanol–water partition coefficient (Wildman–Crippen LogP) is 4.19. The summed E-state index contributed by atoms with van der Waals surface area (Å²) >= 11 is 6.03. The number of hydrogen-bond acceptors (Lipinski definition) is 2. The zero-order chi connectivity index (χ0) is 15.4. The Hall–Kier alpha value is -2.51. The van der Waals surface area contributed by atoms with Gasteiger partial charge in [-0.05, 0) is 48.9 Å². The second-order valence-corrected chi connectivity index (χ2v) is 5.02. The lowest BCUT2D eigenvalue weighted by Crippen LogP contribution is -2.31. The van der Waals surface area contributed by atoms with Crippen molar-refractivity contribution in [2.24, 2.45) is 0 Å². The van der Waals surface area contributed by atoms with Gasteiger partial charge in [0.2, 0.25) is 0 Å². The highest BCUT2D eigenvalue weighted by Crippen LogP contribution is 2.21. The summed E-state index contributed by atoms with van der Waals surface area (Å²) in [7, 11) is 1.66. The van der Waals surface area contributed by atoms with Gasteiger partial charge in [0, 0.05) is 23.4 Å². The number of urea groups is 1. The number of rotatable bonds is 2. The van der Waals surface area contributed by atoms with Crippen LogP contribution in [-0.4, -0.2) is 13.1 Å². The van der Waals surface area contributed by atoms with Gasteiger partial charge < -0.3 is 5.32 Å². The fourth-order valence-electron chi connectivity index (χ4n) is 1.75. The van der Waals surface area contributed by atoms with Crippen LogP contribution < -0.4 is 10.2 Å². The van der Waals surface area contributed by atoms with Crippen molar-refractivity contribution in [2.45, 2.75) is 6.92 Å². The molecule has 4 nitrogen and oxygen atoms in total. The van der Waals surface area contributed by atoms with Gasteiger partial charge in [-0.1, -0.05) is 17.7 Å². The number of nitrogens with one attached hydrogen (secondary N) is 1. The number of nitriles is 1. The van der Waals surface area contributed by atoms with Gasteiger partial charge in [0.1, 0.15) is 0 Å². The largest absolute Gasteiger partial charge is 0.326 e. The van der Waals surface area contributed by atoms with Gasteiger partial charge in [-0.2, -0.15) is 5.26 Å². The van der Waals surface area contributed by atoms with Gasteiger partial charge in [-0.3, -0.25) is 4.90 Å². The topological polar surface area (TPSA) is 56.1 Å². The van der Waals surface area contributed by atoms with Crippen molar-refractivity contribution < 1.29 is 4.79 Å². The van der Waals surface area contributed by atoms with Crippen molar-refractivity contribution >= 4 is 29.0 Å². The van der Waals surface area contributed by atoms with E-state index in [9.17, 15) is 4.79 Å². The molecule has 0 saturated heterocycles. The maximum Gasteiger partial charge on any atom is 0.326 e. The molecule has 0 aliphatic heterocycles. The minimum absolute atomic E-state index is 0.278. The first-order valence-corrected chi connectivity index (χ1v) is 6.70. The molecule has 5 heteroatoms.